The minimum absolute atomic E-state index is 0.00140. The van der Waals surface area contributed by atoms with Gasteiger partial charge in [-0.05, 0) is 37.6 Å². The van der Waals surface area contributed by atoms with Crippen LogP contribution in [0, 0.1) is 6.92 Å². The molecule has 1 saturated carbocycles. The number of sulfonamides is 1. The number of hydrogen-bond acceptors (Lipinski definition) is 9. The number of fused-ring (bicyclic) bond motifs is 2. The standard InChI is InChI=1S/C28H29ClF2N8O4S/c1-14-7-18(15(2)32-20-5-6-22(29)33-24(20)25(40)36-44(4,42)43)23-19(8-14)26(41)37(3)27(34-23)38-11-16-12-39(35-21(16)13-38)17-9-28(30,31)10-17/h5-8,12,15,17,32H,9-11,13H2,1-4H3,(H,36,40)/t15-/m1/s1. The molecule has 4 heterocycles. The SMILES string of the molecule is Cc1cc([C@@H](C)Nc2ccc(Cl)nc2C(=O)NS(C)(=O)=O)c2nc(N3Cc4cn(C5CC(F)(F)C5)nc4C3)n(C)c(=O)c2c1. The molecule has 232 valence electrons. The van der Waals surface area contributed by atoms with Crippen molar-refractivity contribution in [3.8, 4) is 0 Å². The van der Waals surface area contributed by atoms with E-state index >= 15 is 0 Å². The lowest BCUT2D eigenvalue weighted by atomic mass is 9.88. The van der Waals surface area contributed by atoms with E-state index in [4.69, 9.17) is 16.6 Å². The van der Waals surface area contributed by atoms with Crippen LogP contribution < -0.4 is 20.5 Å². The first-order valence-corrected chi connectivity index (χ1v) is 16.0. The highest BCUT2D eigenvalue weighted by Gasteiger charge is 2.47. The third-order valence-electron chi connectivity index (χ3n) is 7.85. The minimum atomic E-state index is -3.86. The molecule has 0 spiro atoms. The number of rotatable bonds is 7. The van der Waals surface area contributed by atoms with Gasteiger partial charge in [-0.2, -0.15) is 5.10 Å². The van der Waals surface area contributed by atoms with Crippen LogP contribution in [0.4, 0.5) is 20.4 Å². The highest BCUT2D eigenvalue weighted by molar-refractivity contribution is 7.89. The van der Waals surface area contributed by atoms with Crippen LogP contribution in [0.1, 0.15) is 64.7 Å². The van der Waals surface area contributed by atoms with E-state index in [1.807, 2.05) is 29.5 Å². The van der Waals surface area contributed by atoms with Crippen molar-refractivity contribution in [2.75, 3.05) is 16.5 Å². The van der Waals surface area contributed by atoms with Crippen LogP contribution in [-0.2, 0) is 30.2 Å². The Morgan fingerprint density at radius 2 is 1.91 bits per heavy atom. The molecule has 1 aliphatic carbocycles. The molecule has 16 heteroatoms. The molecule has 4 aromatic rings. The number of carbonyl (C=O) groups is 1. The Balaban J connectivity index is 1.33. The maximum absolute atomic E-state index is 13.6. The summed E-state index contributed by atoms with van der Waals surface area (Å²) < 4.78 is 55.2. The molecule has 0 unspecified atom stereocenters. The molecule has 0 saturated heterocycles. The number of carbonyl (C=O) groups excluding carboxylic acids is 1. The van der Waals surface area contributed by atoms with Crippen molar-refractivity contribution in [2.24, 2.45) is 7.05 Å². The van der Waals surface area contributed by atoms with Crippen LogP contribution >= 0.6 is 11.6 Å². The largest absolute Gasteiger partial charge is 0.377 e. The van der Waals surface area contributed by atoms with Crippen LogP contribution in [0.15, 0.2) is 35.3 Å². The fourth-order valence-electron chi connectivity index (χ4n) is 5.73. The van der Waals surface area contributed by atoms with Gasteiger partial charge in [0.15, 0.2) is 5.69 Å². The average molecular weight is 647 g/mol. The molecule has 2 aliphatic rings. The number of nitrogens with zero attached hydrogens (tertiary/aromatic N) is 6. The third-order valence-corrected chi connectivity index (χ3v) is 8.61. The monoisotopic (exact) mass is 646 g/mol. The summed E-state index contributed by atoms with van der Waals surface area (Å²) in [5.41, 5.74) is 3.33. The summed E-state index contributed by atoms with van der Waals surface area (Å²) in [6.45, 7) is 4.45. The molecule has 1 aromatic carbocycles. The summed E-state index contributed by atoms with van der Waals surface area (Å²) in [4.78, 5) is 37.2. The fourth-order valence-corrected chi connectivity index (χ4v) is 6.31. The lowest BCUT2D eigenvalue weighted by Gasteiger charge is -2.35. The maximum atomic E-state index is 13.6. The Labute approximate surface area is 256 Å². The summed E-state index contributed by atoms with van der Waals surface area (Å²) in [6, 6.07) is 5.79. The first-order valence-electron chi connectivity index (χ1n) is 13.7. The molecular weight excluding hydrogens is 618 g/mol. The number of anilines is 2. The number of halogens is 3. The van der Waals surface area contributed by atoms with E-state index in [0.29, 0.717) is 35.5 Å². The predicted octanol–water partition coefficient (Wildman–Crippen LogP) is 3.84. The zero-order chi connectivity index (χ0) is 31.7. The number of benzene rings is 1. The Kier molecular flexibility index (Phi) is 7.15. The third kappa shape index (κ3) is 5.61. The minimum Gasteiger partial charge on any atom is -0.377 e. The second-order valence-corrected chi connectivity index (χ2v) is 13.6. The van der Waals surface area contributed by atoms with Gasteiger partial charge in [0.25, 0.3) is 17.4 Å². The van der Waals surface area contributed by atoms with Gasteiger partial charge in [0.1, 0.15) is 5.15 Å². The molecule has 1 amide bonds. The lowest BCUT2D eigenvalue weighted by Crippen LogP contribution is -2.37. The molecule has 3 aromatic heterocycles. The van der Waals surface area contributed by atoms with Crippen molar-refractivity contribution >= 4 is 50.1 Å². The number of amides is 1. The van der Waals surface area contributed by atoms with Crippen LogP contribution in [-0.4, -0.2) is 50.8 Å². The highest BCUT2D eigenvalue weighted by atomic mass is 35.5. The van der Waals surface area contributed by atoms with Gasteiger partial charge in [0.2, 0.25) is 16.0 Å². The van der Waals surface area contributed by atoms with Crippen LogP contribution in [0.25, 0.3) is 10.9 Å². The normalized spacial score (nSPS) is 16.9. The van der Waals surface area contributed by atoms with Gasteiger partial charge in [-0.3, -0.25) is 18.8 Å². The van der Waals surface area contributed by atoms with E-state index in [1.165, 1.54) is 16.7 Å². The number of hydrogen-bond donors (Lipinski definition) is 2. The fraction of sp³-hybridized carbons (Fsp3) is 0.393. The van der Waals surface area contributed by atoms with Gasteiger partial charge in [-0.15, -0.1) is 0 Å². The molecule has 1 fully saturated rings. The van der Waals surface area contributed by atoms with Gasteiger partial charge < -0.3 is 10.2 Å². The van der Waals surface area contributed by atoms with Crippen molar-refractivity contribution in [1.29, 1.82) is 0 Å². The smallest absolute Gasteiger partial charge is 0.285 e. The number of aromatic nitrogens is 5. The van der Waals surface area contributed by atoms with E-state index in [0.717, 1.165) is 23.1 Å². The summed E-state index contributed by atoms with van der Waals surface area (Å²) in [5.74, 6) is -3.17. The molecule has 44 heavy (non-hydrogen) atoms. The van der Waals surface area contributed by atoms with E-state index < -0.39 is 27.9 Å². The number of aryl methyl sites for hydroxylation is 1. The Morgan fingerprint density at radius 1 is 1.18 bits per heavy atom. The summed E-state index contributed by atoms with van der Waals surface area (Å²) in [7, 11) is -2.22. The summed E-state index contributed by atoms with van der Waals surface area (Å²) in [6.07, 6.45) is 2.22. The number of alkyl halides is 2. The Morgan fingerprint density at radius 3 is 2.57 bits per heavy atom. The van der Waals surface area contributed by atoms with Crippen molar-refractivity contribution in [1.82, 2.24) is 29.0 Å². The average Bonchev–Trinajstić information content (AvgIpc) is 3.48. The number of pyridine rings is 1. The topological polar surface area (TPSA) is 144 Å². The second-order valence-electron chi connectivity index (χ2n) is 11.5. The van der Waals surface area contributed by atoms with Crippen LogP contribution in [0.2, 0.25) is 5.15 Å². The maximum Gasteiger partial charge on any atom is 0.285 e. The zero-order valence-electron chi connectivity index (χ0n) is 24.2. The van der Waals surface area contributed by atoms with E-state index in [2.05, 4.69) is 15.4 Å². The van der Waals surface area contributed by atoms with Gasteiger partial charge in [-0.1, -0.05) is 17.7 Å². The zero-order valence-corrected chi connectivity index (χ0v) is 25.8. The van der Waals surface area contributed by atoms with Crippen LogP contribution in [0.5, 0.6) is 0 Å². The van der Waals surface area contributed by atoms with Gasteiger partial charge in [0, 0.05) is 43.8 Å². The molecule has 0 bridgehead atoms. The van der Waals surface area contributed by atoms with Gasteiger partial charge in [0.05, 0.1) is 47.2 Å². The number of nitrogens with one attached hydrogen (secondary N) is 2. The molecule has 2 N–H and O–H groups in total. The van der Waals surface area contributed by atoms with Crippen molar-refractivity contribution in [2.45, 2.75) is 57.8 Å². The van der Waals surface area contributed by atoms with Crippen molar-refractivity contribution in [3.63, 3.8) is 0 Å². The van der Waals surface area contributed by atoms with E-state index in [1.54, 1.807) is 24.0 Å². The quantitative estimate of drug-likeness (QED) is 0.286. The van der Waals surface area contributed by atoms with Crippen molar-refractivity contribution in [3.05, 3.63) is 74.0 Å². The Bertz CT molecular complexity index is 1980. The van der Waals surface area contributed by atoms with E-state index in [9.17, 15) is 26.8 Å². The van der Waals surface area contributed by atoms with Crippen LogP contribution in [0.3, 0.4) is 0 Å². The van der Waals surface area contributed by atoms with Crippen molar-refractivity contribution < 1.29 is 22.0 Å². The molecule has 6 rings (SSSR count). The van der Waals surface area contributed by atoms with Gasteiger partial charge in [-0.25, -0.2) is 31.9 Å². The van der Waals surface area contributed by atoms with E-state index in [-0.39, 0.29) is 41.0 Å². The summed E-state index contributed by atoms with van der Waals surface area (Å²) in [5, 5.41) is 8.16. The highest BCUT2D eigenvalue weighted by Crippen LogP contribution is 2.45. The Hall–Kier alpha value is -4.11. The molecule has 12 nitrogen and oxygen atoms in total. The van der Waals surface area contributed by atoms with Gasteiger partial charge >= 0.3 is 0 Å². The first-order chi connectivity index (χ1) is 20.6. The first kappa shape index (κ1) is 29.9. The molecular formula is C28H29ClF2N8O4S. The lowest BCUT2D eigenvalue weighted by molar-refractivity contribution is -0.107. The second kappa shape index (κ2) is 10.5. The molecule has 0 radical (unpaired) electrons. The molecule has 1 aliphatic heterocycles. The molecule has 1 atom stereocenters. The summed E-state index contributed by atoms with van der Waals surface area (Å²) >= 11 is 6.01. The predicted molar refractivity (Wildman–Crippen MR) is 161 cm³/mol.